The summed E-state index contributed by atoms with van der Waals surface area (Å²) in [5, 5.41) is 2.44. The highest BCUT2D eigenvalue weighted by molar-refractivity contribution is 5.52. The fourth-order valence-electron chi connectivity index (χ4n) is 1.94. The molecule has 2 aromatic rings. The molecule has 0 bridgehead atoms. The van der Waals surface area contributed by atoms with Crippen LogP contribution in [0.5, 0.6) is 0 Å². The Kier molecular flexibility index (Phi) is 3.97. The van der Waals surface area contributed by atoms with Crippen LogP contribution in [0.25, 0.3) is 0 Å². The van der Waals surface area contributed by atoms with E-state index in [1.54, 1.807) is 25.1 Å². The molecule has 0 aromatic heterocycles. The molecule has 5 heteroatoms. The molecular weight excluding hydrogens is 270 g/mol. The van der Waals surface area contributed by atoms with Gasteiger partial charge in [-0.2, -0.15) is 13.2 Å². The van der Waals surface area contributed by atoms with Crippen molar-refractivity contribution in [3.05, 3.63) is 65.5 Å². The van der Waals surface area contributed by atoms with Crippen LogP contribution < -0.4 is 5.32 Å². The van der Waals surface area contributed by atoms with Gasteiger partial charge in [-0.15, -0.1) is 0 Å². The van der Waals surface area contributed by atoms with Gasteiger partial charge in [0, 0.05) is 5.69 Å². The molecule has 106 valence electrons. The molecule has 0 heterocycles. The van der Waals surface area contributed by atoms with Crippen molar-refractivity contribution < 1.29 is 17.6 Å². The second kappa shape index (κ2) is 5.53. The van der Waals surface area contributed by atoms with E-state index in [1.165, 1.54) is 24.3 Å². The molecule has 2 aromatic carbocycles. The van der Waals surface area contributed by atoms with E-state index in [0.717, 1.165) is 6.07 Å². The van der Waals surface area contributed by atoms with Gasteiger partial charge in [0.15, 0.2) is 0 Å². The van der Waals surface area contributed by atoms with E-state index >= 15 is 0 Å². The molecule has 0 amide bonds. The molecule has 0 aliphatic rings. The summed E-state index contributed by atoms with van der Waals surface area (Å²) in [5.74, 6) is -0.476. The van der Waals surface area contributed by atoms with E-state index in [-0.39, 0.29) is 11.3 Å². The van der Waals surface area contributed by atoms with E-state index in [2.05, 4.69) is 5.32 Å². The highest BCUT2D eigenvalue weighted by atomic mass is 19.4. The molecule has 0 aliphatic carbocycles. The molecule has 1 N–H and O–H groups in total. The third-order valence-corrected chi connectivity index (χ3v) is 2.95. The van der Waals surface area contributed by atoms with Crippen molar-refractivity contribution in [3.8, 4) is 0 Å². The molecule has 0 fully saturated rings. The summed E-state index contributed by atoms with van der Waals surface area (Å²) in [5.41, 5.74) is 0.802. The number of hydrogen-bond acceptors (Lipinski definition) is 1. The minimum atomic E-state index is -4.44. The van der Waals surface area contributed by atoms with Crippen LogP contribution in [0.1, 0.15) is 17.2 Å². The van der Waals surface area contributed by atoms with Gasteiger partial charge in [0.1, 0.15) is 11.9 Å². The topological polar surface area (TPSA) is 12.0 Å². The minimum Gasteiger partial charge on any atom is -0.370 e. The number of benzene rings is 2. The quantitative estimate of drug-likeness (QED) is 0.794. The number of nitrogens with one attached hydrogen (secondary N) is 1. The van der Waals surface area contributed by atoms with Gasteiger partial charge in [-0.3, -0.25) is 0 Å². The molecule has 1 nitrogen and oxygen atoms in total. The van der Waals surface area contributed by atoms with E-state index in [1.807, 2.05) is 0 Å². The Morgan fingerprint density at radius 1 is 1.00 bits per heavy atom. The average molecular weight is 283 g/mol. The number of hydrogen-bond donors (Lipinski definition) is 1. The summed E-state index contributed by atoms with van der Waals surface area (Å²) in [6, 6.07) is 9.38. The zero-order chi connectivity index (χ0) is 14.8. The summed E-state index contributed by atoms with van der Waals surface area (Å²) >= 11 is 0. The number of halogens is 4. The SMILES string of the molecule is Cc1cc(F)ccc1NC(c1ccccc1)C(F)(F)F. The molecule has 0 saturated carbocycles. The lowest BCUT2D eigenvalue weighted by Crippen LogP contribution is -2.28. The predicted octanol–water partition coefficient (Wildman–Crippen LogP) is 4.85. The van der Waals surface area contributed by atoms with Crippen molar-refractivity contribution in [2.75, 3.05) is 5.32 Å². The predicted molar refractivity (Wildman–Crippen MR) is 70.0 cm³/mol. The van der Waals surface area contributed by atoms with Gasteiger partial charge in [0.25, 0.3) is 0 Å². The first-order chi connectivity index (χ1) is 9.38. The van der Waals surface area contributed by atoms with Crippen molar-refractivity contribution >= 4 is 5.69 Å². The van der Waals surface area contributed by atoms with Crippen LogP contribution in [0.2, 0.25) is 0 Å². The normalized spacial score (nSPS) is 13.1. The second-order valence-corrected chi connectivity index (χ2v) is 4.49. The first-order valence-corrected chi connectivity index (χ1v) is 6.02. The Bertz CT molecular complexity index is 578. The van der Waals surface area contributed by atoms with E-state index in [0.29, 0.717) is 5.56 Å². The highest BCUT2D eigenvalue weighted by Crippen LogP contribution is 2.36. The van der Waals surface area contributed by atoms with Crippen LogP contribution in [-0.4, -0.2) is 6.18 Å². The van der Waals surface area contributed by atoms with Crippen molar-refractivity contribution in [1.82, 2.24) is 0 Å². The Labute approximate surface area is 114 Å². The third-order valence-electron chi connectivity index (χ3n) is 2.95. The first kappa shape index (κ1) is 14.4. The fourth-order valence-corrected chi connectivity index (χ4v) is 1.94. The van der Waals surface area contributed by atoms with Gasteiger partial charge in [0.2, 0.25) is 0 Å². The zero-order valence-corrected chi connectivity index (χ0v) is 10.7. The lowest BCUT2D eigenvalue weighted by atomic mass is 10.1. The maximum Gasteiger partial charge on any atom is 0.412 e. The summed E-state index contributed by atoms with van der Waals surface area (Å²) in [6.45, 7) is 1.56. The van der Waals surface area contributed by atoms with Crippen molar-refractivity contribution in [3.63, 3.8) is 0 Å². The van der Waals surface area contributed by atoms with Crippen molar-refractivity contribution in [2.24, 2.45) is 0 Å². The van der Waals surface area contributed by atoms with Gasteiger partial charge < -0.3 is 5.32 Å². The first-order valence-electron chi connectivity index (χ1n) is 6.02. The van der Waals surface area contributed by atoms with E-state index in [4.69, 9.17) is 0 Å². The largest absolute Gasteiger partial charge is 0.412 e. The summed E-state index contributed by atoms with van der Waals surface area (Å²) in [7, 11) is 0. The maximum atomic E-state index is 13.2. The number of aryl methyl sites for hydroxylation is 1. The molecule has 1 atom stereocenters. The van der Waals surface area contributed by atoms with Crippen LogP contribution >= 0.6 is 0 Å². The lowest BCUT2D eigenvalue weighted by Gasteiger charge is -2.24. The van der Waals surface area contributed by atoms with Crippen LogP contribution in [0.4, 0.5) is 23.2 Å². The molecular formula is C15H13F4N. The van der Waals surface area contributed by atoms with Crippen LogP contribution in [0.15, 0.2) is 48.5 Å². The lowest BCUT2D eigenvalue weighted by molar-refractivity contribution is -0.144. The Morgan fingerprint density at radius 2 is 1.65 bits per heavy atom. The number of anilines is 1. The molecule has 20 heavy (non-hydrogen) atoms. The van der Waals surface area contributed by atoms with Crippen molar-refractivity contribution in [2.45, 2.75) is 19.1 Å². The molecule has 1 unspecified atom stereocenters. The fraction of sp³-hybridized carbons (Fsp3) is 0.200. The smallest absolute Gasteiger partial charge is 0.370 e. The second-order valence-electron chi connectivity index (χ2n) is 4.49. The summed E-state index contributed by atoms with van der Waals surface area (Å²) in [4.78, 5) is 0. The Hall–Kier alpha value is -2.04. The highest BCUT2D eigenvalue weighted by Gasteiger charge is 2.40. The summed E-state index contributed by atoms with van der Waals surface area (Å²) < 4.78 is 52.5. The monoisotopic (exact) mass is 283 g/mol. The molecule has 0 saturated heterocycles. The van der Waals surface area contributed by atoms with E-state index < -0.39 is 18.0 Å². The number of alkyl halides is 3. The minimum absolute atomic E-state index is 0.115. The zero-order valence-electron chi connectivity index (χ0n) is 10.7. The Balaban J connectivity index is 2.34. The van der Waals surface area contributed by atoms with Crippen LogP contribution in [0, 0.1) is 12.7 Å². The van der Waals surface area contributed by atoms with Crippen molar-refractivity contribution in [1.29, 1.82) is 0 Å². The van der Waals surface area contributed by atoms with Gasteiger partial charge in [0.05, 0.1) is 0 Å². The molecule has 0 radical (unpaired) electrons. The van der Waals surface area contributed by atoms with Gasteiger partial charge in [-0.1, -0.05) is 30.3 Å². The molecule has 2 rings (SSSR count). The number of rotatable bonds is 3. The van der Waals surface area contributed by atoms with Crippen LogP contribution in [0.3, 0.4) is 0 Å². The Morgan fingerprint density at radius 3 is 2.20 bits per heavy atom. The van der Waals surface area contributed by atoms with Gasteiger partial charge >= 0.3 is 6.18 Å². The molecule has 0 aliphatic heterocycles. The molecule has 0 spiro atoms. The average Bonchev–Trinajstić information content (AvgIpc) is 2.37. The third kappa shape index (κ3) is 3.29. The van der Waals surface area contributed by atoms with Gasteiger partial charge in [-0.05, 0) is 36.2 Å². The summed E-state index contributed by atoms with van der Waals surface area (Å²) in [6.07, 6.45) is -4.44. The maximum absolute atomic E-state index is 13.2. The van der Waals surface area contributed by atoms with Gasteiger partial charge in [-0.25, -0.2) is 4.39 Å². The van der Waals surface area contributed by atoms with Crippen LogP contribution in [-0.2, 0) is 0 Å². The van der Waals surface area contributed by atoms with E-state index in [9.17, 15) is 17.6 Å². The standard InChI is InChI=1S/C15H13F4N/c1-10-9-12(16)7-8-13(10)20-14(15(17,18)19)11-5-3-2-4-6-11/h2-9,14,20H,1H3.